The molecular formula is C46H34N4. The fourth-order valence-electron chi connectivity index (χ4n) is 7.02. The van der Waals surface area contributed by atoms with Crippen molar-refractivity contribution in [3.8, 4) is 11.4 Å². The summed E-state index contributed by atoms with van der Waals surface area (Å²) in [5.41, 5.74) is 11.3. The van der Waals surface area contributed by atoms with Gasteiger partial charge in [0.05, 0.1) is 11.0 Å². The van der Waals surface area contributed by atoms with Gasteiger partial charge in [0.2, 0.25) is 0 Å². The van der Waals surface area contributed by atoms with Crippen LogP contribution in [0.25, 0.3) is 33.2 Å². The second-order valence-electron chi connectivity index (χ2n) is 12.4. The minimum absolute atomic E-state index is 1.11. The Morgan fingerprint density at radius 1 is 0.300 bits per heavy atom. The van der Waals surface area contributed by atoms with Crippen LogP contribution in [-0.2, 0) is 0 Å². The summed E-state index contributed by atoms with van der Waals surface area (Å²) in [7, 11) is 0. The van der Waals surface area contributed by atoms with E-state index in [2.05, 4.69) is 225 Å². The molecule has 0 radical (unpaired) electrons. The highest BCUT2D eigenvalue weighted by atomic mass is 15.1. The molecule has 0 N–H and O–H groups in total. The second kappa shape index (κ2) is 12.7. The van der Waals surface area contributed by atoms with Crippen LogP contribution >= 0.6 is 0 Å². The molecule has 0 aliphatic heterocycles. The maximum atomic E-state index is 2.31. The van der Waals surface area contributed by atoms with Gasteiger partial charge in [0.25, 0.3) is 0 Å². The summed E-state index contributed by atoms with van der Waals surface area (Å²) in [6.07, 6.45) is 4.36. The van der Waals surface area contributed by atoms with E-state index in [4.69, 9.17) is 0 Å². The molecule has 7 aromatic carbocycles. The number of fused-ring (bicyclic) bond motifs is 3. The molecule has 0 spiro atoms. The third-order valence-electron chi connectivity index (χ3n) is 9.35. The highest BCUT2D eigenvalue weighted by molar-refractivity contribution is 6.06. The fourth-order valence-corrected chi connectivity index (χ4v) is 7.02. The van der Waals surface area contributed by atoms with Crippen molar-refractivity contribution in [2.75, 3.05) is 9.80 Å². The first-order valence-corrected chi connectivity index (χ1v) is 16.9. The standard InChI is InChI=1S/C46H34N4/c1-5-13-38(14-6-1)49(39-15-7-2-8-16-39)42-26-22-36(23-27-42)47-34-32-44-45(47)30-21-35-31-33-48(46(35)44)37-24-28-43(29-25-37)50(40-17-9-3-10-18-40)41-19-11-4-12-20-41/h1-34H. The van der Waals surface area contributed by atoms with E-state index in [0.29, 0.717) is 0 Å². The van der Waals surface area contributed by atoms with Crippen LogP contribution in [0, 0.1) is 0 Å². The van der Waals surface area contributed by atoms with Gasteiger partial charge in [-0.05, 0) is 115 Å². The van der Waals surface area contributed by atoms with Crippen molar-refractivity contribution in [1.82, 2.24) is 9.13 Å². The van der Waals surface area contributed by atoms with Crippen molar-refractivity contribution in [1.29, 1.82) is 0 Å². The van der Waals surface area contributed by atoms with Crippen molar-refractivity contribution in [2.45, 2.75) is 0 Å². The van der Waals surface area contributed by atoms with Gasteiger partial charge in [0, 0.05) is 68.7 Å². The van der Waals surface area contributed by atoms with E-state index >= 15 is 0 Å². The molecule has 0 saturated carbocycles. The van der Waals surface area contributed by atoms with E-state index in [1.54, 1.807) is 0 Å². The Bertz CT molecular complexity index is 2420. The lowest BCUT2D eigenvalue weighted by atomic mass is 10.1. The van der Waals surface area contributed by atoms with Gasteiger partial charge in [-0.15, -0.1) is 0 Å². The predicted molar refractivity (Wildman–Crippen MR) is 209 cm³/mol. The summed E-state index contributed by atoms with van der Waals surface area (Å²) in [6.45, 7) is 0. The Kier molecular flexibility index (Phi) is 7.45. The largest absolute Gasteiger partial charge is 0.316 e. The van der Waals surface area contributed by atoms with Crippen molar-refractivity contribution in [3.05, 3.63) is 207 Å². The molecule has 0 saturated heterocycles. The number of rotatable bonds is 8. The van der Waals surface area contributed by atoms with Gasteiger partial charge < -0.3 is 18.9 Å². The Balaban J connectivity index is 1.07. The Labute approximate surface area is 291 Å². The number of aromatic nitrogens is 2. The van der Waals surface area contributed by atoms with Crippen LogP contribution in [0.2, 0.25) is 0 Å². The zero-order chi connectivity index (χ0) is 33.3. The van der Waals surface area contributed by atoms with Crippen molar-refractivity contribution < 1.29 is 0 Å². The van der Waals surface area contributed by atoms with E-state index in [1.807, 2.05) is 0 Å². The van der Waals surface area contributed by atoms with Crippen LogP contribution in [0.5, 0.6) is 0 Å². The van der Waals surface area contributed by atoms with Gasteiger partial charge in [-0.25, -0.2) is 0 Å². The quantitative estimate of drug-likeness (QED) is 0.164. The lowest BCUT2D eigenvalue weighted by molar-refractivity contribution is 1.12. The highest BCUT2D eigenvalue weighted by Gasteiger charge is 2.16. The minimum atomic E-state index is 1.11. The first-order chi connectivity index (χ1) is 24.8. The molecule has 238 valence electrons. The SMILES string of the molecule is c1ccc(N(c2ccccc2)c2ccc(-n3ccc4c3ccc3ccn(-c5ccc(N(c6ccccc6)c6ccccc6)cc5)c34)cc2)cc1. The highest BCUT2D eigenvalue weighted by Crippen LogP contribution is 2.37. The number of anilines is 6. The lowest BCUT2D eigenvalue weighted by Gasteiger charge is -2.25. The molecule has 2 aromatic heterocycles. The van der Waals surface area contributed by atoms with E-state index in [-0.39, 0.29) is 0 Å². The lowest BCUT2D eigenvalue weighted by Crippen LogP contribution is -2.09. The molecule has 4 heteroatoms. The zero-order valence-corrected chi connectivity index (χ0v) is 27.4. The van der Waals surface area contributed by atoms with E-state index in [9.17, 15) is 0 Å². The second-order valence-corrected chi connectivity index (χ2v) is 12.4. The van der Waals surface area contributed by atoms with Crippen LogP contribution in [0.15, 0.2) is 207 Å². The molecule has 50 heavy (non-hydrogen) atoms. The van der Waals surface area contributed by atoms with E-state index in [1.165, 1.54) is 21.8 Å². The number of benzene rings is 7. The molecule has 4 nitrogen and oxygen atoms in total. The van der Waals surface area contributed by atoms with Crippen molar-refractivity contribution in [2.24, 2.45) is 0 Å². The Hall–Kier alpha value is -6.78. The van der Waals surface area contributed by atoms with Gasteiger partial charge in [-0.3, -0.25) is 0 Å². The van der Waals surface area contributed by atoms with Crippen LogP contribution in [0.1, 0.15) is 0 Å². The summed E-state index contributed by atoms with van der Waals surface area (Å²) in [4.78, 5) is 4.58. The van der Waals surface area contributed by atoms with Crippen LogP contribution in [-0.4, -0.2) is 9.13 Å². The van der Waals surface area contributed by atoms with E-state index in [0.717, 1.165) is 45.5 Å². The average molecular weight is 643 g/mol. The van der Waals surface area contributed by atoms with Gasteiger partial charge >= 0.3 is 0 Å². The third kappa shape index (κ3) is 5.29. The number of para-hydroxylation sites is 4. The molecule has 0 unspecified atom stereocenters. The molecule has 0 aliphatic rings. The zero-order valence-electron chi connectivity index (χ0n) is 27.4. The minimum Gasteiger partial charge on any atom is -0.316 e. The smallest absolute Gasteiger partial charge is 0.0622 e. The summed E-state index contributed by atoms with van der Waals surface area (Å²) in [6, 6.07) is 68.7. The molecule has 9 aromatic rings. The molecule has 0 aliphatic carbocycles. The molecule has 0 bridgehead atoms. The number of hydrogen-bond acceptors (Lipinski definition) is 2. The summed E-state index contributed by atoms with van der Waals surface area (Å²) in [5, 5.41) is 2.43. The molecular weight excluding hydrogens is 609 g/mol. The average Bonchev–Trinajstić information content (AvgIpc) is 3.82. The van der Waals surface area contributed by atoms with Gasteiger partial charge in [-0.1, -0.05) is 78.9 Å². The maximum Gasteiger partial charge on any atom is 0.0622 e. The third-order valence-corrected chi connectivity index (χ3v) is 9.35. The summed E-state index contributed by atoms with van der Waals surface area (Å²) < 4.78 is 4.59. The summed E-state index contributed by atoms with van der Waals surface area (Å²) >= 11 is 0. The fraction of sp³-hybridized carbons (Fsp3) is 0. The van der Waals surface area contributed by atoms with Gasteiger partial charge in [0.15, 0.2) is 0 Å². The van der Waals surface area contributed by atoms with E-state index < -0.39 is 0 Å². The normalized spacial score (nSPS) is 11.2. The Morgan fingerprint density at radius 2 is 0.680 bits per heavy atom. The maximum absolute atomic E-state index is 2.31. The van der Waals surface area contributed by atoms with Crippen LogP contribution in [0.4, 0.5) is 34.1 Å². The van der Waals surface area contributed by atoms with Gasteiger partial charge in [0.1, 0.15) is 0 Å². The van der Waals surface area contributed by atoms with Crippen molar-refractivity contribution >= 4 is 55.9 Å². The molecule has 0 fully saturated rings. The molecule has 2 heterocycles. The first-order valence-electron chi connectivity index (χ1n) is 16.9. The van der Waals surface area contributed by atoms with Crippen molar-refractivity contribution in [3.63, 3.8) is 0 Å². The summed E-state index contributed by atoms with van der Waals surface area (Å²) in [5.74, 6) is 0. The van der Waals surface area contributed by atoms with Crippen LogP contribution in [0.3, 0.4) is 0 Å². The first kappa shape index (κ1) is 29.4. The molecule has 9 rings (SSSR count). The molecule has 0 atom stereocenters. The predicted octanol–water partition coefficient (Wildman–Crippen LogP) is 12.5. The van der Waals surface area contributed by atoms with Gasteiger partial charge in [-0.2, -0.15) is 0 Å². The number of nitrogens with zero attached hydrogens (tertiary/aromatic N) is 4. The topological polar surface area (TPSA) is 16.3 Å². The van der Waals surface area contributed by atoms with Crippen LogP contribution < -0.4 is 9.80 Å². The Morgan fingerprint density at radius 3 is 1.12 bits per heavy atom. The monoisotopic (exact) mass is 642 g/mol. The number of hydrogen-bond donors (Lipinski definition) is 0. The molecule has 0 amide bonds.